The number of hydrazine groups is 1. The number of nitrogens with zero attached hydrogens (tertiary/aromatic N) is 1. The molecule has 1 saturated carbocycles. The first kappa shape index (κ1) is 14.5. The van der Waals surface area contributed by atoms with Gasteiger partial charge in [-0.05, 0) is 30.5 Å². The van der Waals surface area contributed by atoms with Gasteiger partial charge in [-0.3, -0.25) is 25.3 Å². The Labute approximate surface area is 117 Å². The first-order chi connectivity index (χ1) is 9.54. The van der Waals surface area contributed by atoms with Crippen LogP contribution in [0.2, 0.25) is 0 Å². The lowest BCUT2D eigenvalue weighted by Gasteiger charge is -2.21. The first-order valence-corrected chi connectivity index (χ1v) is 6.58. The van der Waals surface area contributed by atoms with E-state index in [0.29, 0.717) is 12.6 Å². The SMILES string of the molecule is CC(=O)NNC(=O)CN(Cc1ccc(F)cc1)C1CC1. The van der Waals surface area contributed by atoms with Crippen molar-refractivity contribution in [2.24, 2.45) is 0 Å². The fourth-order valence-corrected chi connectivity index (χ4v) is 1.96. The Balaban J connectivity index is 1.89. The van der Waals surface area contributed by atoms with Gasteiger partial charge in [-0.1, -0.05) is 12.1 Å². The topological polar surface area (TPSA) is 61.4 Å². The van der Waals surface area contributed by atoms with Crippen LogP contribution >= 0.6 is 0 Å². The monoisotopic (exact) mass is 279 g/mol. The van der Waals surface area contributed by atoms with Gasteiger partial charge in [0, 0.05) is 19.5 Å². The predicted octanol–water partition coefficient (Wildman–Crippen LogP) is 0.957. The first-order valence-electron chi connectivity index (χ1n) is 6.58. The lowest BCUT2D eigenvalue weighted by atomic mass is 10.2. The number of amides is 2. The number of carbonyl (C=O) groups excluding carboxylic acids is 2. The summed E-state index contributed by atoms with van der Waals surface area (Å²) in [4.78, 5) is 24.5. The van der Waals surface area contributed by atoms with Crippen molar-refractivity contribution in [1.29, 1.82) is 0 Å². The highest BCUT2D eigenvalue weighted by Crippen LogP contribution is 2.28. The Morgan fingerprint density at radius 3 is 2.45 bits per heavy atom. The standard InChI is InChI=1S/C14H18FN3O2/c1-10(19)16-17-14(20)9-18(13-6-7-13)8-11-2-4-12(15)5-3-11/h2-5,13H,6-9H2,1H3,(H,16,19)(H,17,20). The molecule has 0 bridgehead atoms. The van der Waals surface area contributed by atoms with Crippen LogP contribution in [0.5, 0.6) is 0 Å². The number of carbonyl (C=O) groups is 2. The molecular weight excluding hydrogens is 261 g/mol. The molecule has 0 atom stereocenters. The average molecular weight is 279 g/mol. The van der Waals surface area contributed by atoms with E-state index in [-0.39, 0.29) is 24.2 Å². The maximum atomic E-state index is 12.9. The van der Waals surface area contributed by atoms with Crippen molar-refractivity contribution >= 4 is 11.8 Å². The van der Waals surface area contributed by atoms with E-state index in [4.69, 9.17) is 0 Å². The van der Waals surface area contributed by atoms with Gasteiger partial charge in [-0.15, -0.1) is 0 Å². The van der Waals surface area contributed by atoms with E-state index in [1.807, 2.05) is 4.90 Å². The van der Waals surface area contributed by atoms with Crippen LogP contribution in [0.25, 0.3) is 0 Å². The second-order valence-electron chi connectivity index (χ2n) is 4.99. The third-order valence-electron chi connectivity index (χ3n) is 3.09. The third-order valence-corrected chi connectivity index (χ3v) is 3.09. The number of hydrogen-bond acceptors (Lipinski definition) is 3. The van der Waals surface area contributed by atoms with Gasteiger partial charge in [-0.25, -0.2) is 4.39 Å². The molecule has 0 spiro atoms. The molecule has 1 aromatic rings. The quantitative estimate of drug-likeness (QED) is 0.789. The van der Waals surface area contributed by atoms with E-state index in [2.05, 4.69) is 10.9 Å². The highest BCUT2D eigenvalue weighted by molar-refractivity contribution is 5.82. The Morgan fingerprint density at radius 2 is 1.90 bits per heavy atom. The normalized spacial score (nSPS) is 14.2. The molecule has 2 rings (SSSR count). The zero-order chi connectivity index (χ0) is 14.5. The summed E-state index contributed by atoms with van der Waals surface area (Å²) >= 11 is 0. The molecule has 20 heavy (non-hydrogen) atoms. The van der Waals surface area contributed by atoms with Crippen LogP contribution in [0.1, 0.15) is 25.3 Å². The second kappa shape index (κ2) is 6.47. The number of hydrogen-bond donors (Lipinski definition) is 2. The van der Waals surface area contributed by atoms with Crippen molar-refractivity contribution in [3.63, 3.8) is 0 Å². The molecule has 5 nitrogen and oxygen atoms in total. The molecule has 0 saturated heterocycles. The minimum Gasteiger partial charge on any atom is -0.287 e. The van der Waals surface area contributed by atoms with Gasteiger partial charge in [-0.2, -0.15) is 0 Å². The number of nitrogens with one attached hydrogen (secondary N) is 2. The van der Waals surface area contributed by atoms with Gasteiger partial charge < -0.3 is 0 Å². The second-order valence-corrected chi connectivity index (χ2v) is 4.99. The highest BCUT2D eigenvalue weighted by atomic mass is 19.1. The molecule has 0 radical (unpaired) electrons. The summed E-state index contributed by atoms with van der Waals surface area (Å²) in [6.45, 7) is 2.14. The van der Waals surface area contributed by atoms with Crippen LogP contribution in [0.4, 0.5) is 4.39 Å². The molecule has 0 heterocycles. The summed E-state index contributed by atoms with van der Waals surface area (Å²) < 4.78 is 12.9. The van der Waals surface area contributed by atoms with E-state index in [0.717, 1.165) is 18.4 Å². The van der Waals surface area contributed by atoms with Crippen LogP contribution in [0.3, 0.4) is 0 Å². The molecule has 0 unspecified atom stereocenters. The minimum atomic E-state index is -0.310. The molecule has 108 valence electrons. The molecular formula is C14H18FN3O2. The maximum Gasteiger partial charge on any atom is 0.252 e. The van der Waals surface area contributed by atoms with Crippen molar-refractivity contribution in [3.8, 4) is 0 Å². The lowest BCUT2D eigenvalue weighted by molar-refractivity contribution is -0.128. The van der Waals surface area contributed by atoms with Crippen molar-refractivity contribution in [2.75, 3.05) is 6.54 Å². The molecule has 6 heteroatoms. The molecule has 2 N–H and O–H groups in total. The third kappa shape index (κ3) is 4.62. The Kier molecular flexibility index (Phi) is 4.68. The summed E-state index contributed by atoms with van der Waals surface area (Å²) in [5.74, 6) is -0.834. The predicted molar refractivity (Wildman–Crippen MR) is 71.8 cm³/mol. The Hall–Kier alpha value is -1.95. The van der Waals surface area contributed by atoms with Crippen molar-refractivity contribution in [2.45, 2.75) is 32.4 Å². The van der Waals surface area contributed by atoms with E-state index in [1.54, 1.807) is 12.1 Å². The summed E-state index contributed by atoms with van der Waals surface area (Å²) in [5.41, 5.74) is 5.58. The van der Waals surface area contributed by atoms with Crippen LogP contribution in [0.15, 0.2) is 24.3 Å². The highest BCUT2D eigenvalue weighted by Gasteiger charge is 2.30. The van der Waals surface area contributed by atoms with Crippen molar-refractivity contribution < 1.29 is 14.0 Å². The van der Waals surface area contributed by atoms with Crippen LogP contribution < -0.4 is 10.9 Å². The fraction of sp³-hybridized carbons (Fsp3) is 0.429. The van der Waals surface area contributed by atoms with Gasteiger partial charge in [0.1, 0.15) is 5.82 Å². The van der Waals surface area contributed by atoms with E-state index >= 15 is 0 Å². The smallest absolute Gasteiger partial charge is 0.252 e. The molecule has 0 aliphatic heterocycles. The number of rotatable bonds is 5. The molecule has 1 aromatic carbocycles. The summed E-state index contributed by atoms with van der Waals surface area (Å²) in [6, 6.07) is 6.66. The van der Waals surface area contributed by atoms with E-state index in [1.165, 1.54) is 19.1 Å². The summed E-state index contributed by atoms with van der Waals surface area (Å²) in [6.07, 6.45) is 2.13. The minimum absolute atomic E-state index is 0.211. The van der Waals surface area contributed by atoms with Crippen LogP contribution in [0, 0.1) is 5.82 Å². The molecule has 1 fully saturated rings. The van der Waals surface area contributed by atoms with E-state index < -0.39 is 0 Å². The van der Waals surface area contributed by atoms with Crippen LogP contribution in [-0.2, 0) is 16.1 Å². The maximum absolute atomic E-state index is 12.9. The van der Waals surface area contributed by atoms with Crippen molar-refractivity contribution in [3.05, 3.63) is 35.6 Å². The summed E-state index contributed by atoms with van der Waals surface area (Å²) in [7, 11) is 0. The zero-order valence-corrected chi connectivity index (χ0v) is 11.4. The molecule has 1 aliphatic rings. The van der Waals surface area contributed by atoms with Gasteiger partial charge in [0.05, 0.1) is 6.54 Å². The lowest BCUT2D eigenvalue weighted by Crippen LogP contribution is -2.46. The average Bonchev–Trinajstić information content (AvgIpc) is 3.22. The number of benzene rings is 1. The van der Waals surface area contributed by atoms with Crippen molar-refractivity contribution in [1.82, 2.24) is 15.8 Å². The van der Waals surface area contributed by atoms with E-state index in [9.17, 15) is 14.0 Å². The van der Waals surface area contributed by atoms with Gasteiger partial charge in [0.25, 0.3) is 5.91 Å². The van der Waals surface area contributed by atoms with Gasteiger partial charge in [0.15, 0.2) is 0 Å². The summed E-state index contributed by atoms with van der Waals surface area (Å²) in [5, 5.41) is 0. The van der Waals surface area contributed by atoms with Crippen LogP contribution in [-0.4, -0.2) is 29.3 Å². The number of halogens is 1. The molecule has 1 aliphatic carbocycles. The Bertz CT molecular complexity index is 486. The molecule has 2 amide bonds. The largest absolute Gasteiger partial charge is 0.287 e. The fourth-order valence-electron chi connectivity index (χ4n) is 1.96. The van der Waals surface area contributed by atoms with Gasteiger partial charge >= 0.3 is 0 Å². The zero-order valence-electron chi connectivity index (χ0n) is 11.4. The Morgan fingerprint density at radius 1 is 1.25 bits per heavy atom. The van der Waals surface area contributed by atoms with Gasteiger partial charge in [0.2, 0.25) is 5.91 Å². The molecule has 0 aromatic heterocycles.